The average molecular weight is 426 g/mol. The molecule has 3 unspecified atom stereocenters. The highest BCUT2D eigenvalue weighted by Gasteiger charge is 2.41. The number of sulfone groups is 1. The third kappa shape index (κ3) is 5.08. The lowest BCUT2D eigenvalue weighted by Gasteiger charge is -2.41. The Morgan fingerprint density at radius 3 is 2.25 bits per heavy atom. The van der Waals surface area contributed by atoms with Crippen LogP contribution >= 0.6 is 11.6 Å². The van der Waals surface area contributed by atoms with Crippen molar-refractivity contribution in [1.29, 1.82) is 0 Å². The molecule has 0 saturated heterocycles. The predicted molar refractivity (Wildman–Crippen MR) is 124 cm³/mol. The highest BCUT2D eigenvalue weighted by molar-refractivity contribution is 7.93. The number of rotatable bonds is 9. The molecule has 1 rings (SSSR count). The summed E-state index contributed by atoms with van der Waals surface area (Å²) >= 11 is 6.22. The normalized spacial score (nSPS) is 15.9. The van der Waals surface area contributed by atoms with Gasteiger partial charge < -0.3 is 0 Å². The summed E-state index contributed by atoms with van der Waals surface area (Å²) in [5.41, 5.74) is 2.84. The number of allylic oxidation sites excluding steroid dienone is 2. The molecule has 1 aromatic rings. The molecule has 5 heteroatoms. The second kappa shape index (κ2) is 9.60. The van der Waals surface area contributed by atoms with Gasteiger partial charge in [0.2, 0.25) is 0 Å². The molecule has 158 valence electrons. The van der Waals surface area contributed by atoms with Gasteiger partial charge in [-0.2, -0.15) is 0 Å². The Morgan fingerprint density at radius 2 is 1.82 bits per heavy atom. The largest absolute Gasteiger partial charge is 0.293 e. The van der Waals surface area contributed by atoms with Crippen LogP contribution in [0.25, 0.3) is 5.57 Å². The van der Waals surface area contributed by atoms with Crippen molar-refractivity contribution in [2.45, 2.75) is 77.0 Å². The van der Waals surface area contributed by atoms with Crippen LogP contribution in [0.3, 0.4) is 0 Å². The van der Waals surface area contributed by atoms with Crippen LogP contribution in [-0.2, 0) is 9.84 Å². The average Bonchev–Trinajstić information content (AvgIpc) is 2.63. The van der Waals surface area contributed by atoms with E-state index in [0.29, 0.717) is 5.02 Å². The maximum Gasteiger partial charge on any atom is 0.159 e. The third-order valence-electron chi connectivity index (χ3n) is 5.65. The van der Waals surface area contributed by atoms with Crippen molar-refractivity contribution in [2.24, 2.45) is 0 Å². The molecule has 0 N–H and O–H groups in total. The minimum absolute atomic E-state index is 0.0107. The highest BCUT2D eigenvalue weighted by Crippen LogP contribution is 2.34. The van der Waals surface area contributed by atoms with Gasteiger partial charge in [-0.3, -0.25) is 4.90 Å². The SMILES string of the molecule is C=CC(=C)c1cc(Cl)ccc1C(C)N(CC)C(CC)C(C)S(=O)(=O)C(C)(C)C. The third-order valence-corrected chi connectivity index (χ3v) is 8.88. The molecule has 3 atom stereocenters. The lowest BCUT2D eigenvalue weighted by Crippen LogP contribution is -2.50. The van der Waals surface area contributed by atoms with Gasteiger partial charge in [0.1, 0.15) is 0 Å². The van der Waals surface area contributed by atoms with Crippen molar-refractivity contribution >= 4 is 27.0 Å². The topological polar surface area (TPSA) is 37.4 Å². The molecular weight excluding hydrogens is 390 g/mol. The Kier molecular flexibility index (Phi) is 8.55. The van der Waals surface area contributed by atoms with Crippen LogP contribution in [0, 0.1) is 0 Å². The molecule has 0 spiro atoms. The minimum atomic E-state index is -3.29. The van der Waals surface area contributed by atoms with E-state index in [0.717, 1.165) is 29.7 Å². The highest BCUT2D eigenvalue weighted by atomic mass is 35.5. The molecule has 0 radical (unpaired) electrons. The van der Waals surface area contributed by atoms with Crippen molar-refractivity contribution in [2.75, 3.05) is 6.54 Å². The smallest absolute Gasteiger partial charge is 0.159 e. The van der Waals surface area contributed by atoms with Gasteiger partial charge in [-0.05, 0) is 76.4 Å². The van der Waals surface area contributed by atoms with E-state index < -0.39 is 19.8 Å². The minimum Gasteiger partial charge on any atom is -0.293 e. The second-order valence-electron chi connectivity index (χ2n) is 8.31. The molecule has 0 amide bonds. The Balaban J connectivity index is 3.43. The van der Waals surface area contributed by atoms with E-state index >= 15 is 0 Å². The zero-order chi connectivity index (χ0) is 21.9. The summed E-state index contributed by atoms with van der Waals surface area (Å²) in [6, 6.07) is 5.70. The number of benzene rings is 1. The van der Waals surface area contributed by atoms with Crippen molar-refractivity contribution in [3.05, 3.63) is 53.6 Å². The number of hydrogen-bond acceptors (Lipinski definition) is 3. The first-order valence-electron chi connectivity index (χ1n) is 9.93. The summed E-state index contributed by atoms with van der Waals surface area (Å²) in [5, 5.41) is 0.172. The van der Waals surface area contributed by atoms with Gasteiger partial charge >= 0.3 is 0 Å². The summed E-state index contributed by atoms with van der Waals surface area (Å²) in [4.78, 5) is 2.27. The second-order valence-corrected chi connectivity index (χ2v) is 11.8. The van der Waals surface area contributed by atoms with Gasteiger partial charge in [0.15, 0.2) is 9.84 Å². The van der Waals surface area contributed by atoms with Crippen LogP contribution in [0.1, 0.15) is 72.1 Å². The van der Waals surface area contributed by atoms with Gasteiger partial charge in [0, 0.05) is 17.1 Å². The van der Waals surface area contributed by atoms with Gasteiger partial charge in [0.25, 0.3) is 0 Å². The zero-order valence-corrected chi connectivity index (χ0v) is 20.0. The zero-order valence-electron chi connectivity index (χ0n) is 18.4. The standard InChI is InChI=1S/C23H36ClNO2S/c1-10-16(4)21-15-19(24)13-14-20(21)17(5)25(12-3)22(11-2)18(6)28(26,27)23(7,8)9/h10,13-15,17-18,22H,1,4,11-12H2,2-3,5-9H3. The van der Waals surface area contributed by atoms with E-state index in [2.05, 4.69) is 38.8 Å². The summed E-state index contributed by atoms with van der Waals surface area (Å²) in [7, 11) is -3.29. The van der Waals surface area contributed by atoms with Crippen LogP contribution in [0.4, 0.5) is 0 Å². The summed E-state index contributed by atoms with van der Waals surface area (Å²) in [6.07, 6.45) is 2.47. The summed E-state index contributed by atoms with van der Waals surface area (Å²) < 4.78 is 25.5. The van der Waals surface area contributed by atoms with E-state index in [1.54, 1.807) is 26.8 Å². The van der Waals surface area contributed by atoms with Gasteiger partial charge in [0.05, 0.1) is 10.00 Å². The molecule has 1 aromatic carbocycles. The van der Waals surface area contributed by atoms with Gasteiger partial charge in [-0.25, -0.2) is 8.42 Å². The Hall–Kier alpha value is -1.10. The number of nitrogens with zero attached hydrogens (tertiary/aromatic N) is 1. The van der Waals surface area contributed by atoms with E-state index in [1.807, 2.05) is 25.1 Å². The monoisotopic (exact) mass is 425 g/mol. The lowest BCUT2D eigenvalue weighted by atomic mass is 9.94. The Labute approximate surface area is 177 Å². The number of hydrogen-bond donors (Lipinski definition) is 0. The van der Waals surface area contributed by atoms with E-state index in [9.17, 15) is 8.42 Å². The Bertz CT molecular complexity index is 808. The molecule has 28 heavy (non-hydrogen) atoms. The van der Waals surface area contributed by atoms with Crippen molar-refractivity contribution < 1.29 is 8.42 Å². The molecule has 0 heterocycles. The molecule has 0 aliphatic heterocycles. The molecule has 0 fully saturated rings. The van der Waals surface area contributed by atoms with E-state index in [1.165, 1.54) is 0 Å². The first-order chi connectivity index (χ1) is 12.8. The molecule has 0 bridgehead atoms. The molecule has 0 saturated carbocycles. The fourth-order valence-electron chi connectivity index (χ4n) is 3.86. The quantitative estimate of drug-likeness (QED) is 0.435. The first kappa shape index (κ1) is 24.9. The Morgan fingerprint density at radius 1 is 1.25 bits per heavy atom. The maximum absolute atomic E-state index is 13.1. The first-order valence-corrected chi connectivity index (χ1v) is 11.9. The number of halogens is 1. The van der Waals surface area contributed by atoms with Crippen molar-refractivity contribution in [3.8, 4) is 0 Å². The van der Waals surface area contributed by atoms with E-state index in [-0.39, 0.29) is 12.1 Å². The molecule has 0 aliphatic rings. The van der Waals surface area contributed by atoms with Gasteiger partial charge in [-0.15, -0.1) is 0 Å². The molecule has 3 nitrogen and oxygen atoms in total. The van der Waals surface area contributed by atoms with Gasteiger partial charge in [-0.1, -0.05) is 50.7 Å². The summed E-state index contributed by atoms with van der Waals surface area (Å²) in [6.45, 7) is 22.1. The maximum atomic E-state index is 13.1. The summed E-state index contributed by atoms with van der Waals surface area (Å²) in [5.74, 6) is 0. The molecule has 0 aromatic heterocycles. The van der Waals surface area contributed by atoms with Crippen LogP contribution in [0.5, 0.6) is 0 Å². The van der Waals surface area contributed by atoms with E-state index in [4.69, 9.17) is 11.6 Å². The van der Waals surface area contributed by atoms with Crippen LogP contribution in [0.2, 0.25) is 5.02 Å². The fraction of sp³-hybridized carbons (Fsp3) is 0.565. The predicted octanol–water partition coefficient (Wildman–Crippen LogP) is 6.30. The van der Waals surface area contributed by atoms with Crippen LogP contribution < -0.4 is 0 Å². The molecule has 0 aliphatic carbocycles. The van der Waals surface area contributed by atoms with Crippen LogP contribution in [-0.4, -0.2) is 35.9 Å². The van der Waals surface area contributed by atoms with Crippen molar-refractivity contribution in [1.82, 2.24) is 4.90 Å². The van der Waals surface area contributed by atoms with Crippen LogP contribution in [0.15, 0.2) is 37.4 Å². The van der Waals surface area contributed by atoms with Crippen molar-refractivity contribution in [3.63, 3.8) is 0 Å². The molecular formula is C23H36ClNO2S. The lowest BCUT2D eigenvalue weighted by molar-refractivity contribution is 0.144. The fourth-order valence-corrected chi connectivity index (χ4v) is 5.91.